The van der Waals surface area contributed by atoms with Crippen molar-refractivity contribution in [3.63, 3.8) is 0 Å². The number of hydrogen-bond acceptors (Lipinski definition) is 3. The van der Waals surface area contributed by atoms with E-state index in [2.05, 4.69) is 18.7 Å². The highest BCUT2D eigenvalue weighted by molar-refractivity contribution is 5.97. The maximum atomic E-state index is 12.4. The summed E-state index contributed by atoms with van der Waals surface area (Å²) in [5.74, 6) is -1.10. The molecule has 2 rings (SSSR count). The number of carboxylic acids is 1. The van der Waals surface area contributed by atoms with Crippen LogP contribution in [0.5, 0.6) is 0 Å². The Bertz CT molecular complexity index is 509. The van der Waals surface area contributed by atoms with Gasteiger partial charge in [-0.15, -0.1) is 0 Å². The number of carbonyl (C=O) groups excluding carboxylic acids is 1. The average Bonchev–Trinajstić information content (AvgIpc) is 2.98. The van der Waals surface area contributed by atoms with Crippen LogP contribution in [0, 0.1) is 0 Å². The van der Waals surface area contributed by atoms with Crippen LogP contribution >= 0.6 is 0 Å². The highest BCUT2D eigenvalue weighted by Crippen LogP contribution is 2.22. The van der Waals surface area contributed by atoms with E-state index in [4.69, 9.17) is 5.11 Å². The molecule has 1 saturated heterocycles. The highest BCUT2D eigenvalue weighted by atomic mass is 16.4. The van der Waals surface area contributed by atoms with Gasteiger partial charge in [0.1, 0.15) is 6.04 Å². The molecule has 1 heterocycles. The second kappa shape index (κ2) is 6.61. The van der Waals surface area contributed by atoms with Gasteiger partial charge in [0.25, 0.3) is 5.91 Å². The molecule has 1 amide bonds. The monoisotopic (exact) mass is 290 g/mol. The summed E-state index contributed by atoms with van der Waals surface area (Å²) in [5.41, 5.74) is 1.63. The first-order chi connectivity index (χ1) is 10.1. The van der Waals surface area contributed by atoms with Gasteiger partial charge in [-0.3, -0.25) is 4.79 Å². The van der Waals surface area contributed by atoms with Crippen LogP contribution in [0.1, 0.15) is 37.0 Å². The third kappa shape index (κ3) is 3.17. The molecule has 1 fully saturated rings. The lowest BCUT2D eigenvalue weighted by Gasteiger charge is -2.23. The van der Waals surface area contributed by atoms with Crippen molar-refractivity contribution in [2.75, 3.05) is 24.5 Å². The van der Waals surface area contributed by atoms with Gasteiger partial charge in [0, 0.05) is 30.9 Å². The van der Waals surface area contributed by atoms with E-state index in [0.717, 1.165) is 25.2 Å². The van der Waals surface area contributed by atoms with E-state index in [1.807, 2.05) is 12.1 Å². The van der Waals surface area contributed by atoms with Crippen LogP contribution in [0.2, 0.25) is 0 Å². The summed E-state index contributed by atoms with van der Waals surface area (Å²) < 4.78 is 0. The molecule has 1 aliphatic rings. The molecule has 1 aliphatic heterocycles. The molecule has 0 spiro atoms. The first-order valence-corrected chi connectivity index (χ1v) is 7.47. The molecule has 1 unspecified atom stereocenters. The summed E-state index contributed by atoms with van der Waals surface area (Å²) >= 11 is 0. The highest BCUT2D eigenvalue weighted by Gasteiger charge is 2.34. The van der Waals surface area contributed by atoms with Crippen molar-refractivity contribution in [1.82, 2.24) is 4.90 Å². The molecule has 1 atom stereocenters. The first kappa shape index (κ1) is 15.4. The quantitative estimate of drug-likeness (QED) is 0.903. The lowest BCUT2D eigenvalue weighted by molar-refractivity contribution is -0.141. The zero-order valence-corrected chi connectivity index (χ0v) is 12.6. The fourth-order valence-corrected chi connectivity index (χ4v) is 2.84. The molecule has 0 radical (unpaired) electrons. The zero-order chi connectivity index (χ0) is 15.4. The van der Waals surface area contributed by atoms with Crippen LogP contribution in [-0.2, 0) is 4.79 Å². The molecule has 0 aliphatic carbocycles. The van der Waals surface area contributed by atoms with E-state index in [1.54, 1.807) is 12.1 Å². The number of amides is 1. The number of likely N-dealkylation sites (tertiary alicyclic amines) is 1. The predicted molar refractivity (Wildman–Crippen MR) is 81.7 cm³/mol. The van der Waals surface area contributed by atoms with Gasteiger partial charge in [0.2, 0.25) is 0 Å². The third-order valence-corrected chi connectivity index (χ3v) is 4.04. The van der Waals surface area contributed by atoms with Gasteiger partial charge in [0.05, 0.1) is 0 Å². The summed E-state index contributed by atoms with van der Waals surface area (Å²) in [4.78, 5) is 27.3. The van der Waals surface area contributed by atoms with E-state index < -0.39 is 12.0 Å². The number of carbonyl (C=O) groups is 2. The number of carboxylic acid groups (broad SMARTS) is 1. The molecule has 0 aromatic heterocycles. The van der Waals surface area contributed by atoms with Gasteiger partial charge >= 0.3 is 5.97 Å². The van der Waals surface area contributed by atoms with Gasteiger partial charge in [-0.05, 0) is 51.0 Å². The van der Waals surface area contributed by atoms with Gasteiger partial charge in [-0.25, -0.2) is 4.79 Å². The molecule has 1 N–H and O–H groups in total. The second-order valence-electron chi connectivity index (χ2n) is 5.21. The molecular weight excluding hydrogens is 268 g/mol. The second-order valence-corrected chi connectivity index (χ2v) is 5.21. The standard InChI is InChI=1S/C16H22N2O3/c1-3-17(4-2)13-9-7-12(8-10-13)15(19)18-11-5-6-14(18)16(20)21/h7-10,14H,3-6,11H2,1-2H3,(H,20,21). The van der Waals surface area contributed by atoms with Crippen molar-refractivity contribution in [2.24, 2.45) is 0 Å². The van der Waals surface area contributed by atoms with Crippen molar-refractivity contribution in [1.29, 1.82) is 0 Å². The number of benzene rings is 1. The number of anilines is 1. The minimum absolute atomic E-state index is 0.189. The predicted octanol–water partition coefficient (Wildman–Crippen LogP) is 2.22. The Hall–Kier alpha value is -2.04. The SMILES string of the molecule is CCN(CC)c1ccc(C(=O)N2CCCC2C(=O)O)cc1. The Kier molecular flexibility index (Phi) is 4.83. The van der Waals surface area contributed by atoms with Crippen molar-refractivity contribution < 1.29 is 14.7 Å². The van der Waals surface area contributed by atoms with E-state index in [0.29, 0.717) is 18.5 Å². The first-order valence-electron chi connectivity index (χ1n) is 7.47. The van der Waals surface area contributed by atoms with Gasteiger partial charge < -0.3 is 14.9 Å². The number of aliphatic carboxylic acids is 1. The van der Waals surface area contributed by atoms with Crippen LogP contribution < -0.4 is 4.90 Å². The lowest BCUT2D eigenvalue weighted by atomic mass is 10.1. The third-order valence-electron chi connectivity index (χ3n) is 4.04. The molecule has 1 aromatic carbocycles. The minimum atomic E-state index is -0.916. The molecule has 114 valence electrons. The van der Waals surface area contributed by atoms with Crippen LogP contribution in [0.4, 0.5) is 5.69 Å². The van der Waals surface area contributed by atoms with Crippen LogP contribution in [0.25, 0.3) is 0 Å². The zero-order valence-electron chi connectivity index (χ0n) is 12.6. The van der Waals surface area contributed by atoms with Crippen molar-refractivity contribution in [2.45, 2.75) is 32.7 Å². The largest absolute Gasteiger partial charge is 0.480 e. The summed E-state index contributed by atoms with van der Waals surface area (Å²) in [5, 5.41) is 9.16. The van der Waals surface area contributed by atoms with Crippen LogP contribution in [0.3, 0.4) is 0 Å². The van der Waals surface area contributed by atoms with E-state index in [9.17, 15) is 9.59 Å². The summed E-state index contributed by atoms with van der Waals surface area (Å²) in [7, 11) is 0. The van der Waals surface area contributed by atoms with Gasteiger partial charge in [-0.2, -0.15) is 0 Å². The maximum absolute atomic E-state index is 12.4. The maximum Gasteiger partial charge on any atom is 0.326 e. The molecular formula is C16H22N2O3. The lowest BCUT2D eigenvalue weighted by Crippen LogP contribution is -2.40. The van der Waals surface area contributed by atoms with E-state index in [1.165, 1.54) is 4.90 Å². The number of nitrogens with zero attached hydrogens (tertiary/aromatic N) is 2. The van der Waals surface area contributed by atoms with Crippen molar-refractivity contribution in [3.8, 4) is 0 Å². The Morgan fingerprint density at radius 1 is 1.24 bits per heavy atom. The average molecular weight is 290 g/mol. The van der Waals surface area contributed by atoms with Gasteiger partial charge in [-0.1, -0.05) is 0 Å². The summed E-state index contributed by atoms with van der Waals surface area (Å²) in [6.45, 7) is 6.52. The van der Waals surface area contributed by atoms with Gasteiger partial charge in [0.15, 0.2) is 0 Å². The Morgan fingerprint density at radius 2 is 1.86 bits per heavy atom. The molecule has 1 aromatic rings. The molecule has 0 bridgehead atoms. The topological polar surface area (TPSA) is 60.9 Å². The Balaban J connectivity index is 2.15. The van der Waals surface area contributed by atoms with E-state index >= 15 is 0 Å². The van der Waals surface area contributed by atoms with Crippen LogP contribution in [-0.4, -0.2) is 47.6 Å². The summed E-state index contributed by atoms with van der Waals surface area (Å²) in [6.07, 6.45) is 1.29. The molecule has 21 heavy (non-hydrogen) atoms. The molecule has 0 saturated carbocycles. The van der Waals surface area contributed by atoms with Crippen molar-refractivity contribution in [3.05, 3.63) is 29.8 Å². The Morgan fingerprint density at radius 3 is 2.38 bits per heavy atom. The normalized spacial score (nSPS) is 17.8. The fourth-order valence-electron chi connectivity index (χ4n) is 2.84. The smallest absolute Gasteiger partial charge is 0.326 e. The minimum Gasteiger partial charge on any atom is -0.480 e. The number of hydrogen-bond donors (Lipinski definition) is 1. The fraction of sp³-hybridized carbons (Fsp3) is 0.500. The number of rotatable bonds is 5. The van der Waals surface area contributed by atoms with E-state index in [-0.39, 0.29) is 5.91 Å². The molecule has 5 nitrogen and oxygen atoms in total. The summed E-state index contributed by atoms with van der Waals surface area (Å²) in [6, 6.07) is 6.73. The van der Waals surface area contributed by atoms with Crippen molar-refractivity contribution >= 4 is 17.6 Å². The molecule has 5 heteroatoms. The van der Waals surface area contributed by atoms with Crippen LogP contribution in [0.15, 0.2) is 24.3 Å². The Labute approximate surface area is 125 Å².